The largest absolute Gasteiger partial charge is 0.463 e. The normalized spacial score (nSPS) is 12.6. The molecule has 0 amide bonds. The zero-order valence-electron chi connectivity index (χ0n) is 42.4. The molecule has 0 fully saturated rings. The van der Waals surface area contributed by atoms with Crippen molar-refractivity contribution in [3.63, 3.8) is 0 Å². The number of thiophene rings is 2. The van der Waals surface area contributed by atoms with Gasteiger partial charge in [-0.25, -0.2) is 0 Å². The molecule has 8 aromatic carbocycles. The Labute approximate surface area is 432 Å². The van der Waals surface area contributed by atoms with Crippen LogP contribution in [0.4, 0.5) is 0 Å². The van der Waals surface area contributed by atoms with Crippen LogP contribution in [0, 0.1) is 5.41 Å². The number of esters is 1. The van der Waals surface area contributed by atoms with E-state index in [9.17, 15) is 9.90 Å². The van der Waals surface area contributed by atoms with Crippen molar-refractivity contribution in [2.45, 2.75) is 91.8 Å². The maximum atomic E-state index is 12.8. The summed E-state index contributed by atoms with van der Waals surface area (Å²) in [5.41, 5.74) is 9.18. The maximum absolute atomic E-state index is 12.8. The second kappa shape index (κ2) is 21.0. The highest BCUT2D eigenvalue weighted by Gasteiger charge is 2.26. The Morgan fingerprint density at radius 1 is 0.528 bits per heavy atom. The van der Waals surface area contributed by atoms with Crippen LogP contribution in [0.1, 0.15) is 78.4 Å². The number of aliphatic hydroxyl groups excluding tert-OH is 1. The highest BCUT2D eigenvalue weighted by atomic mass is 32.1. The van der Waals surface area contributed by atoms with Crippen molar-refractivity contribution in [3.8, 4) is 52.9 Å². The maximum Gasteiger partial charge on any atom is 0.306 e. The van der Waals surface area contributed by atoms with E-state index in [4.69, 9.17) is 9.47 Å². The monoisotopic (exact) mass is 984 g/mol. The number of hydrogen-bond acceptors (Lipinski definition) is 6. The number of fused-ring (bicyclic) bond motifs is 4. The molecule has 0 radical (unpaired) electrons. The van der Waals surface area contributed by atoms with Gasteiger partial charge in [-0.2, -0.15) is 0 Å². The molecule has 1 atom stereocenters. The number of carbonyl (C=O) groups excluding carboxylic acids is 1. The summed E-state index contributed by atoms with van der Waals surface area (Å²) in [6, 6.07) is 62.5. The minimum atomic E-state index is -0.358. The lowest BCUT2D eigenvalue weighted by Crippen LogP contribution is -2.28. The summed E-state index contributed by atoms with van der Waals surface area (Å²) in [4.78, 5) is 17.7. The van der Waals surface area contributed by atoms with Crippen molar-refractivity contribution >= 4 is 71.7 Å². The Morgan fingerprint density at radius 2 is 0.944 bits per heavy atom. The Morgan fingerprint density at radius 3 is 1.36 bits per heavy atom. The van der Waals surface area contributed by atoms with Crippen LogP contribution in [0.3, 0.4) is 0 Å². The first-order valence-corrected chi connectivity index (χ1v) is 27.3. The summed E-state index contributed by atoms with van der Waals surface area (Å²) in [7, 11) is 0. The second-order valence-corrected chi connectivity index (χ2v) is 22.7. The zero-order valence-corrected chi connectivity index (χ0v) is 44.0. The predicted molar refractivity (Wildman–Crippen MR) is 307 cm³/mol. The number of aryl methyl sites for hydroxylation is 2. The van der Waals surface area contributed by atoms with Crippen molar-refractivity contribution < 1.29 is 19.4 Å². The minimum absolute atomic E-state index is 0.117. The van der Waals surface area contributed by atoms with Crippen molar-refractivity contribution in [3.05, 3.63) is 181 Å². The highest BCUT2D eigenvalue weighted by Crippen LogP contribution is 2.53. The predicted octanol–water partition coefficient (Wildman–Crippen LogP) is 18.2. The summed E-state index contributed by atoms with van der Waals surface area (Å²) in [5.74, 6) is -0.210. The van der Waals surface area contributed by atoms with Crippen LogP contribution < -0.4 is 0 Å². The van der Waals surface area contributed by atoms with E-state index in [1.165, 1.54) is 96.0 Å². The Bertz CT molecular complexity index is 3430. The fourth-order valence-corrected chi connectivity index (χ4v) is 12.4. The fraction of sp³-hybridized carbons (Fsp3) is 0.258. The molecule has 10 rings (SSSR count). The van der Waals surface area contributed by atoms with Gasteiger partial charge in [0.15, 0.2) is 0 Å². The molecule has 0 saturated carbocycles. The summed E-state index contributed by atoms with van der Waals surface area (Å²) in [6.07, 6.45) is 3.94. The smallest absolute Gasteiger partial charge is 0.306 e. The van der Waals surface area contributed by atoms with Crippen LogP contribution in [0.2, 0.25) is 0 Å². The highest BCUT2D eigenvalue weighted by molar-refractivity contribution is 7.26. The topological polar surface area (TPSA) is 55.8 Å². The molecular weight excluding hydrogens is 921 g/mol. The molecule has 0 aliphatic heterocycles. The third kappa shape index (κ3) is 10.3. The van der Waals surface area contributed by atoms with Gasteiger partial charge in [-0.15, -0.1) is 22.7 Å². The number of carbonyl (C=O) groups is 1. The molecule has 0 aliphatic carbocycles. The molecule has 10 aromatic rings. The standard InChI is InChI=1S/C66H64O4S2/c1-7-65(3,4)59(67)35-29-43-25-31-45(32-26-43)55-41-57(71-63(55)61-51-21-13-9-17-47(51)39-48-18-10-14-22-52(48)61)58-42-56(46-33-27-44(28-34-46)30-36-60(68)69-37-38-70-66(5,6)8-2)64(72-58)62-53-23-15-11-19-49(53)40-50-20-12-16-24-54(50)62/h9-28,31-34,39-42,59,67H,7-8,29-30,35-38H2,1-6H3. The molecule has 0 saturated heterocycles. The van der Waals surface area contributed by atoms with Gasteiger partial charge in [0.05, 0.1) is 18.3 Å². The van der Waals surface area contributed by atoms with Gasteiger partial charge in [0.25, 0.3) is 0 Å². The molecule has 0 aliphatic rings. The molecule has 1 N–H and O–H groups in total. The van der Waals surface area contributed by atoms with Gasteiger partial charge < -0.3 is 14.6 Å². The zero-order chi connectivity index (χ0) is 50.0. The van der Waals surface area contributed by atoms with Crippen LogP contribution in [-0.2, 0) is 27.1 Å². The van der Waals surface area contributed by atoms with Gasteiger partial charge in [-0.3, -0.25) is 4.79 Å². The lowest BCUT2D eigenvalue weighted by Gasteiger charge is -2.29. The SMILES string of the molecule is CCC(C)(C)OCCOC(=O)CCc1ccc(-c2cc(-c3cc(-c4ccc(CCC(O)C(C)(C)CC)cc4)c(-c4c5ccccc5cc5ccccc45)s3)sc2-c2c3ccccc3cc3ccccc23)cc1. The summed E-state index contributed by atoms with van der Waals surface area (Å²) >= 11 is 3.75. The molecule has 2 aromatic heterocycles. The van der Waals surface area contributed by atoms with Crippen LogP contribution in [0.25, 0.3) is 96.0 Å². The first-order chi connectivity index (χ1) is 34.9. The Kier molecular flexibility index (Phi) is 14.3. The Balaban J connectivity index is 1.08. The van der Waals surface area contributed by atoms with Crippen LogP contribution >= 0.6 is 22.7 Å². The first kappa shape index (κ1) is 49.2. The van der Waals surface area contributed by atoms with E-state index in [-0.39, 0.29) is 29.7 Å². The molecule has 2 heterocycles. The lowest BCUT2D eigenvalue weighted by atomic mass is 9.81. The summed E-state index contributed by atoms with van der Waals surface area (Å²) < 4.78 is 11.4. The molecular formula is C66H64O4S2. The van der Waals surface area contributed by atoms with Crippen molar-refractivity contribution in [1.29, 1.82) is 0 Å². The average Bonchev–Trinajstić information content (AvgIpc) is 4.05. The third-order valence-corrected chi connectivity index (χ3v) is 17.6. The van der Waals surface area contributed by atoms with E-state index in [1.54, 1.807) is 0 Å². The van der Waals surface area contributed by atoms with E-state index in [2.05, 4.69) is 211 Å². The minimum Gasteiger partial charge on any atom is -0.463 e. The van der Waals surface area contributed by atoms with E-state index in [1.807, 2.05) is 22.7 Å². The van der Waals surface area contributed by atoms with E-state index < -0.39 is 0 Å². The fourth-order valence-electron chi connectivity index (χ4n) is 9.87. The summed E-state index contributed by atoms with van der Waals surface area (Å²) in [6.45, 7) is 13.3. The average molecular weight is 985 g/mol. The van der Waals surface area contributed by atoms with Crippen molar-refractivity contribution in [2.24, 2.45) is 5.41 Å². The van der Waals surface area contributed by atoms with E-state index in [0.717, 1.165) is 36.8 Å². The van der Waals surface area contributed by atoms with Gasteiger partial charge in [0.2, 0.25) is 0 Å². The summed E-state index contributed by atoms with van der Waals surface area (Å²) in [5, 5.41) is 20.9. The van der Waals surface area contributed by atoms with Crippen molar-refractivity contribution in [2.75, 3.05) is 13.2 Å². The van der Waals surface area contributed by atoms with Gasteiger partial charge in [-0.1, -0.05) is 173 Å². The van der Waals surface area contributed by atoms with Gasteiger partial charge in [-0.05, 0) is 141 Å². The lowest BCUT2D eigenvalue weighted by molar-refractivity contribution is -0.147. The first-order valence-electron chi connectivity index (χ1n) is 25.7. The van der Waals surface area contributed by atoms with Crippen molar-refractivity contribution in [1.82, 2.24) is 0 Å². The Hall–Kier alpha value is -6.41. The second-order valence-electron chi connectivity index (χ2n) is 20.6. The quantitative estimate of drug-likeness (QED) is 0.0529. The number of rotatable bonds is 18. The third-order valence-electron chi connectivity index (χ3n) is 15.1. The van der Waals surface area contributed by atoms with E-state index >= 15 is 0 Å². The number of hydrogen-bond donors (Lipinski definition) is 1. The number of aliphatic hydroxyl groups is 1. The molecule has 6 heteroatoms. The molecule has 4 nitrogen and oxygen atoms in total. The van der Waals surface area contributed by atoms with Gasteiger partial charge in [0, 0.05) is 48.2 Å². The van der Waals surface area contributed by atoms with Crippen LogP contribution in [0.5, 0.6) is 0 Å². The van der Waals surface area contributed by atoms with Crippen LogP contribution in [0.15, 0.2) is 170 Å². The number of ether oxygens (including phenoxy) is 2. The van der Waals surface area contributed by atoms with Crippen LogP contribution in [-0.4, -0.2) is 36.0 Å². The molecule has 0 bridgehead atoms. The molecule has 364 valence electrons. The molecule has 0 spiro atoms. The van der Waals surface area contributed by atoms with Gasteiger partial charge in [0.1, 0.15) is 6.61 Å². The van der Waals surface area contributed by atoms with E-state index in [0.29, 0.717) is 19.4 Å². The molecule has 72 heavy (non-hydrogen) atoms. The molecule has 1 unspecified atom stereocenters. The van der Waals surface area contributed by atoms with Gasteiger partial charge >= 0.3 is 5.97 Å². The number of benzene rings is 8.